The van der Waals surface area contributed by atoms with Gasteiger partial charge in [0.2, 0.25) is 0 Å². The van der Waals surface area contributed by atoms with Crippen molar-refractivity contribution >= 4 is 12.8 Å². The molecule has 0 aromatic heterocycles. The van der Waals surface area contributed by atoms with Gasteiger partial charge in [-0.3, -0.25) is 0 Å². The monoisotopic (exact) mass is 438 g/mol. The molecule has 1 aromatic rings. The van der Waals surface area contributed by atoms with Gasteiger partial charge in [0.15, 0.2) is 0 Å². The molecule has 0 fully saturated rings. The van der Waals surface area contributed by atoms with Crippen LogP contribution >= 0.6 is 7.26 Å². The Balaban J connectivity index is 0.00000625. The van der Waals surface area contributed by atoms with E-state index in [9.17, 15) is 0 Å². The van der Waals surface area contributed by atoms with Gasteiger partial charge in [-0.05, 0) is 43.7 Å². The zero-order valence-electron chi connectivity index (χ0n) is 17.5. The van der Waals surface area contributed by atoms with Gasteiger partial charge < -0.3 is 17.0 Å². The molecule has 148 valence electrons. The highest BCUT2D eigenvalue weighted by Crippen LogP contribution is 2.63. The van der Waals surface area contributed by atoms with Crippen LogP contribution in [0.2, 0.25) is 0 Å². The van der Waals surface area contributed by atoms with E-state index in [1.54, 1.807) is 5.57 Å². The quantitative estimate of drug-likeness (QED) is 0.285. The molecule has 0 nitrogen and oxygen atoms in total. The van der Waals surface area contributed by atoms with Crippen molar-refractivity contribution in [3.05, 3.63) is 53.9 Å². The van der Waals surface area contributed by atoms with Gasteiger partial charge in [-0.15, -0.1) is 0 Å². The molecular formula is C24H40BrP. The molecule has 0 aliphatic carbocycles. The van der Waals surface area contributed by atoms with Gasteiger partial charge in [0.1, 0.15) is 0 Å². The van der Waals surface area contributed by atoms with E-state index in [1.165, 1.54) is 62.6 Å². The topological polar surface area (TPSA) is 0 Å². The van der Waals surface area contributed by atoms with Gasteiger partial charge in [0.25, 0.3) is 0 Å². The van der Waals surface area contributed by atoms with Crippen molar-refractivity contribution in [3.63, 3.8) is 0 Å². The Labute approximate surface area is 174 Å². The third-order valence-corrected chi connectivity index (χ3v) is 9.50. The Morgan fingerprint density at radius 3 is 1.77 bits per heavy atom. The maximum atomic E-state index is 2.79. The number of unbranched alkanes of at least 4 members (excludes halogenated alkanes) is 3. The van der Waals surface area contributed by atoms with Gasteiger partial charge in [-0.2, -0.15) is 0 Å². The fraction of sp³-hybridized carbons (Fsp3) is 0.583. The van der Waals surface area contributed by atoms with E-state index in [4.69, 9.17) is 0 Å². The smallest absolute Gasteiger partial charge is 0.0635 e. The predicted octanol–water partition coefficient (Wildman–Crippen LogP) is 5.42. The minimum Gasteiger partial charge on any atom is -1.00 e. The first kappa shape index (κ1) is 25.6. The average Bonchev–Trinajstić information content (AvgIpc) is 2.66. The molecule has 0 saturated heterocycles. The second-order valence-electron chi connectivity index (χ2n) is 7.24. The van der Waals surface area contributed by atoms with E-state index in [0.717, 1.165) is 6.42 Å². The summed E-state index contributed by atoms with van der Waals surface area (Å²) in [6.07, 6.45) is 18.1. The minimum atomic E-state index is -1.00. The summed E-state index contributed by atoms with van der Waals surface area (Å²) in [7, 11) is -1.00. The van der Waals surface area contributed by atoms with E-state index >= 15 is 0 Å². The summed E-state index contributed by atoms with van der Waals surface area (Å²) in [4.78, 5) is 0. The van der Waals surface area contributed by atoms with Crippen LogP contribution in [0.25, 0.3) is 5.57 Å². The van der Waals surface area contributed by atoms with Crippen LogP contribution < -0.4 is 17.0 Å². The van der Waals surface area contributed by atoms with Crippen molar-refractivity contribution in [2.45, 2.75) is 72.6 Å². The van der Waals surface area contributed by atoms with Gasteiger partial charge >= 0.3 is 0 Å². The van der Waals surface area contributed by atoms with Gasteiger partial charge in [0.05, 0.1) is 24.3 Å². The van der Waals surface area contributed by atoms with Gasteiger partial charge in [-0.1, -0.05) is 82.5 Å². The first-order valence-corrected chi connectivity index (χ1v) is 12.9. The average molecular weight is 439 g/mol. The summed E-state index contributed by atoms with van der Waals surface area (Å²) in [6, 6.07) is 11.1. The molecule has 0 amide bonds. The van der Waals surface area contributed by atoms with E-state index < -0.39 is 7.26 Å². The largest absolute Gasteiger partial charge is 1.00 e. The highest BCUT2D eigenvalue weighted by atomic mass is 79.9. The van der Waals surface area contributed by atoms with E-state index in [1.807, 2.05) is 0 Å². The van der Waals surface area contributed by atoms with E-state index in [0.29, 0.717) is 0 Å². The summed E-state index contributed by atoms with van der Waals surface area (Å²) < 4.78 is 0. The van der Waals surface area contributed by atoms with Crippen molar-refractivity contribution in [1.29, 1.82) is 0 Å². The lowest BCUT2D eigenvalue weighted by Gasteiger charge is -2.25. The molecule has 0 atom stereocenters. The van der Waals surface area contributed by atoms with Crippen molar-refractivity contribution in [2.24, 2.45) is 0 Å². The molecule has 0 spiro atoms. The summed E-state index contributed by atoms with van der Waals surface area (Å²) in [5.41, 5.74) is 2.99. The number of rotatable bonds is 13. The van der Waals surface area contributed by atoms with Crippen LogP contribution in [0.5, 0.6) is 0 Å². The fourth-order valence-corrected chi connectivity index (χ4v) is 8.23. The second kappa shape index (κ2) is 15.6. The van der Waals surface area contributed by atoms with Gasteiger partial charge in [-0.25, -0.2) is 0 Å². The van der Waals surface area contributed by atoms with Crippen molar-refractivity contribution in [3.8, 4) is 0 Å². The molecular weight excluding hydrogens is 399 g/mol. The molecule has 0 radical (unpaired) electrons. The Hall–Kier alpha value is -0.390. The van der Waals surface area contributed by atoms with Gasteiger partial charge in [0, 0.05) is 7.26 Å². The molecule has 0 saturated carbocycles. The lowest BCUT2D eigenvalue weighted by atomic mass is 10.0. The number of benzene rings is 1. The molecule has 1 aromatic carbocycles. The van der Waals surface area contributed by atoms with E-state index in [2.05, 4.69) is 76.0 Å². The minimum absolute atomic E-state index is 0. The zero-order valence-corrected chi connectivity index (χ0v) is 20.0. The van der Waals surface area contributed by atoms with Crippen LogP contribution in [0.1, 0.15) is 78.2 Å². The molecule has 0 aliphatic rings. The van der Waals surface area contributed by atoms with Crippen molar-refractivity contribution in [2.75, 3.05) is 18.5 Å². The maximum absolute atomic E-state index is 2.79. The highest BCUT2D eigenvalue weighted by Gasteiger charge is 2.34. The van der Waals surface area contributed by atoms with Crippen LogP contribution in [0.3, 0.4) is 0 Å². The SMILES string of the molecule is C/C=C/C/C(=C\[P+](CCCC)(CCCC)CCCC)c1ccccc1.[Br-]. The lowest BCUT2D eigenvalue weighted by molar-refractivity contribution is -0.00000549. The standard InChI is InChI=1S/C24H40P.BrH/c1-5-9-16-24(23-17-14-13-15-18-23)22-25(19-10-6-2,20-11-7-3)21-12-8-4;/h5,9,13-15,17-18,22H,6-8,10-12,16,19-21H2,1-4H3;1H/q+1;/p-1/b9-5+,24-22+;. The number of hydrogen-bond donors (Lipinski definition) is 0. The molecule has 0 unspecified atom stereocenters. The summed E-state index contributed by atoms with van der Waals surface area (Å²) in [5.74, 6) is 2.79. The van der Waals surface area contributed by atoms with Crippen molar-refractivity contribution < 1.29 is 17.0 Å². The molecule has 26 heavy (non-hydrogen) atoms. The van der Waals surface area contributed by atoms with Crippen LogP contribution in [0.15, 0.2) is 48.3 Å². The number of allylic oxidation sites excluding steroid dienone is 3. The fourth-order valence-electron chi connectivity index (χ4n) is 3.42. The molecule has 2 heteroatoms. The predicted molar refractivity (Wildman–Crippen MR) is 120 cm³/mol. The Morgan fingerprint density at radius 2 is 1.35 bits per heavy atom. The summed E-state index contributed by atoms with van der Waals surface area (Å²) >= 11 is 0. The first-order chi connectivity index (χ1) is 12.2. The van der Waals surface area contributed by atoms with E-state index in [-0.39, 0.29) is 17.0 Å². The van der Waals surface area contributed by atoms with Crippen LogP contribution in [-0.2, 0) is 0 Å². The number of hydrogen-bond acceptors (Lipinski definition) is 0. The third-order valence-electron chi connectivity index (χ3n) is 5.02. The molecule has 0 aliphatic heterocycles. The normalized spacial score (nSPS) is 12.4. The third kappa shape index (κ3) is 9.52. The summed E-state index contributed by atoms with van der Waals surface area (Å²) in [5, 5.41) is 0. The molecule has 1 rings (SSSR count). The zero-order chi connectivity index (χ0) is 18.4. The lowest BCUT2D eigenvalue weighted by Crippen LogP contribution is -3.00. The molecule has 0 heterocycles. The Kier molecular flexibility index (Phi) is 15.4. The van der Waals surface area contributed by atoms with Crippen LogP contribution in [0, 0.1) is 0 Å². The van der Waals surface area contributed by atoms with Crippen LogP contribution in [-0.4, -0.2) is 18.5 Å². The first-order valence-electron chi connectivity index (χ1n) is 10.5. The van der Waals surface area contributed by atoms with Crippen molar-refractivity contribution in [1.82, 2.24) is 0 Å². The highest BCUT2D eigenvalue weighted by molar-refractivity contribution is 7.79. The number of halogens is 1. The van der Waals surface area contributed by atoms with Crippen LogP contribution in [0.4, 0.5) is 0 Å². The molecule has 0 N–H and O–H groups in total. The Bertz CT molecular complexity index is 482. The maximum Gasteiger partial charge on any atom is 0.0635 e. The Morgan fingerprint density at radius 1 is 0.846 bits per heavy atom. The second-order valence-corrected chi connectivity index (χ2v) is 11.3. The summed E-state index contributed by atoms with van der Waals surface area (Å²) in [6.45, 7) is 9.16. The molecule has 0 bridgehead atoms.